The van der Waals surface area contributed by atoms with Gasteiger partial charge < -0.3 is 5.32 Å². The average molecular weight is 308 g/mol. The van der Waals surface area contributed by atoms with Crippen LogP contribution in [0.3, 0.4) is 0 Å². The molecule has 0 bridgehead atoms. The lowest BCUT2D eigenvalue weighted by Gasteiger charge is -2.19. The zero-order valence-corrected chi connectivity index (χ0v) is 12.3. The number of aromatic nitrogens is 4. The summed E-state index contributed by atoms with van der Waals surface area (Å²) >= 11 is 0. The van der Waals surface area contributed by atoms with Crippen LogP contribution in [0.1, 0.15) is 30.8 Å². The number of hydrogen-bond acceptors (Lipinski definition) is 6. The van der Waals surface area contributed by atoms with E-state index in [1.807, 2.05) is 6.07 Å². The maximum atomic E-state index is 12.4. The van der Waals surface area contributed by atoms with Crippen LogP contribution in [0.25, 0.3) is 0 Å². The van der Waals surface area contributed by atoms with Crippen LogP contribution in [0.4, 0.5) is 5.69 Å². The smallest absolute Gasteiger partial charge is 0.241 e. The van der Waals surface area contributed by atoms with Crippen LogP contribution in [0.2, 0.25) is 0 Å². The molecule has 0 aliphatic carbocycles. The van der Waals surface area contributed by atoms with Crippen molar-refractivity contribution in [2.24, 2.45) is 0 Å². The first-order chi connectivity index (χ1) is 10.1. The average Bonchev–Trinajstić information content (AvgIpc) is 3.00. The van der Waals surface area contributed by atoms with Gasteiger partial charge in [-0.25, -0.2) is 13.1 Å². The van der Waals surface area contributed by atoms with Crippen molar-refractivity contribution in [2.45, 2.75) is 30.7 Å². The van der Waals surface area contributed by atoms with Crippen LogP contribution < -0.4 is 10.0 Å². The molecule has 2 aromatic rings. The van der Waals surface area contributed by atoms with Crippen molar-refractivity contribution in [3.05, 3.63) is 29.6 Å². The summed E-state index contributed by atoms with van der Waals surface area (Å²) in [5, 5.41) is 16.5. The van der Waals surface area contributed by atoms with Gasteiger partial charge in [0.1, 0.15) is 0 Å². The topological polar surface area (TPSA) is 113 Å². The fourth-order valence-electron chi connectivity index (χ4n) is 2.31. The van der Waals surface area contributed by atoms with Crippen LogP contribution in [-0.4, -0.2) is 35.6 Å². The molecule has 0 radical (unpaired) electrons. The van der Waals surface area contributed by atoms with Gasteiger partial charge in [-0.05, 0) is 37.5 Å². The molecule has 0 saturated carbocycles. The maximum absolute atomic E-state index is 12.4. The number of benzene rings is 1. The monoisotopic (exact) mass is 308 g/mol. The van der Waals surface area contributed by atoms with E-state index < -0.39 is 16.1 Å². The van der Waals surface area contributed by atoms with Gasteiger partial charge in [0.2, 0.25) is 10.0 Å². The van der Waals surface area contributed by atoms with E-state index in [2.05, 4.69) is 30.7 Å². The normalized spacial score (nSPS) is 16.0. The Balaban J connectivity index is 1.84. The number of fused-ring (bicyclic) bond motifs is 1. The van der Waals surface area contributed by atoms with Crippen molar-refractivity contribution in [2.75, 3.05) is 11.9 Å². The molecule has 1 aromatic heterocycles. The highest BCUT2D eigenvalue weighted by Crippen LogP contribution is 2.25. The van der Waals surface area contributed by atoms with Crippen LogP contribution in [-0.2, 0) is 16.4 Å². The molecule has 3 rings (SSSR count). The Morgan fingerprint density at radius 2 is 2.24 bits per heavy atom. The molecule has 112 valence electrons. The second kappa shape index (κ2) is 5.41. The fraction of sp³-hybridized carbons (Fsp3) is 0.417. The second-order valence-electron chi connectivity index (χ2n) is 4.96. The third-order valence-electron chi connectivity index (χ3n) is 3.41. The predicted octanol–water partition coefficient (Wildman–Crippen LogP) is 0.597. The quantitative estimate of drug-likeness (QED) is 0.762. The van der Waals surface area contributed by atoms with Gasteiger partial charge in [0.15, 0.2) is 5.82 Å². The van der Waals surface area contributed by atoms with Crippen molar-refractivity contribution in [1.29, 1.82) is 0 Å². The van der Waals surface area contributed by atoms with Gasteiger partial charge in [0, 0.05) is 12.2 Å². The molecule has 1 aromatic carbocycles. The van der Waals surface area contributed by atoms with E-state index in [0.29, 0.717) is 5.82 Å². The number of anilines is 1. The lowest BCUT2D eigenvalue weighted by Crippen LogP contribution is -2.28. The molecule has 0 saturated heterocycles. The molecular formula is C12H16N6O2S. The molecule has 1 atom stereocenters. The first-order valence-corrected chi connectivity index (χ1v) is 8.17. The molecule has 0 fully saturated rings. The number of nitrogens with one attached hydrogen (secondary N) is 3. The van der Waals surface area contributed by atoms with Gasteiger partial charge in [-0.1, -0.05) is 11.3 Å². The highest BCUT2D eigenvalue weighted by atomic mass is 32.2. The van der Waals surface area contributed by atoms with Gasteiger partial charge in [0.05, 0.1) is 10.9 Å². The summed E-state index contributed by atoms with van der Waals surface area (Å²) in [5.74, 6) is 0.301. The largest absolute Gasteiger partial charge is 0.385 e. The zero-order chi connectivity index (χ0) is 14.9. The minimum Gasteiger partial charge on any atom is -0.385 e. The van der Waals surface area contributed by atoms with Gasteiger partial charge >= 0.3 is 0 Å². The first kappa shape index (κ1) is 14.0. The number of H-pyrrole nitrogens is 1. The van der Waals surface area contributed by atoms with Crippen LogP contribution in [0.15, 0.2) is 23.1 Å². The number of sulfonamides is 1. The van der Waals surface area contributed by atoms with E-state index in [4.69, 9.17) is 0 Å². The SMILES string of the molecule is CC(NS(=O)(=O)c1ccc2c(c1)NCCC2)c1nn[nH]n1. The standard InChI is InChI=1S/C12H16N6O2S/c1-8(12-14-17-18-15-12)16-21(19,20)10-5-4-9-3-2-6-13-11(9)7-10/h4-5,7-8,13,16H,2-3,6H2,1H3,(H,14,15,17,18). The summed E-state index contributed by atoms with van der Waals surface area (Å²) in [6.07, 6.45) is 2.03. The Morgan fingerprint density at radius 3 is 3.00 bits per heavy atom. The minimum absolute atomic E-state index is 0.228. The molecule has 21 heavy (non-hydrogen) atoms. The number of aromatic amines is 1. The maximum Gasteiger partial charge on any atom is 0.241 e. The van der Waals surface area contributed by atoms with Crippen LogP contribution in [0.5, 0.6) is 0 Å². The molecule has 3 N–H and O–H groups in total. The van der Waals surface area contributed by atoms with E-state index >= 15 is 0 Å². The molecule has 1 aliphatic rings. The third kappa shape index (κ3) is 2.88. The Kier molecular flexibility index (Phi) is 3.60. The van der Waals surface area contributed by atoms with E-state index in [9.17, 15) is 8.42 Å². The van der Waals surface area contributed by atoms with E-state index in [-0.39, 0.29) is 4.90 Å². The minimum atomic E-state index is -3.63. The Hall–Kier alpha value is -2.00. The van der Waals surface area contributed by atoms with Gasteiger partial charge in [-0.2, -0.15) is 5.21 Å². The van der Waals surface area contributed by atoms with E-state index in [1.54, 1.807) is 19.1 Å². The van der Waals surface area contributed by atoms with Gasteiger partial charge in [0.25, 0.3) is 0 Å². The van der Waals surface area contributed by atoms with Crippen molar-refractivity contribution in [3.63, 3.8) is 0 Å². The molecule has 2 heterocycles. The lowest BCUT2D eigenvalue weighted by atomic mass is 10.0. The Labute approximate surface area is 122 Å². The predicted molar refractivity (Wildman–Crippen MR) is 76.2 cm³/mol. The number of tetrazole rings is 1. The molecule has 8 nitrogen and oxygen atoms in total. The molecule has 0 amide bonds. The summed E-state index contributed by atoms with van der Waals surface area (Å²) in [5.41, 5.74) is 2.03. The summed E-state index contributed by atoms with van der Waals surface area (Å²) in [7, 11) is -3.63. The van der Waals surface area contributed by atoms with Gasteiger partial charge in [-0.15, -0.1) is 10.2 Å². The summed E-state index contributed by atoms with van der Waals surface area (Å²) in [6.45, 7) is 2.53. The van der Waals surface area contributed by atoms with Crippen molar-refractivity contribution in [3.8, 4) is 0 Å². The number of nitrogens with zero attached hydrogens (tertiary/aromatic N) is 3. The van der Waals surface area contributed by atoms with Crippen molar-refractivity contribution >= 4 is 15.7 Å². The number of rotatable bonds is 4. The fourth-order valence-corrected chi connectivity index (χ4v) is 3.54. The first-order valence-electron chi connectivity index (χ1n) is 6.69. The van der Waals surface area contributed by atoms with E-state index in [1.165, 1.54) is 0 Å². The van der Waals surface area contributed by atoms with Crippen molar-refractivity contribution < 1.29 is 8.42 Å². The molecule has 1 unspecified atom stereocenters. The number of aryl methyl sites for hydroxylation is 1. The molecule has 1 aliphatic heterocycles. The van der Waals surface area contributed by atoms with Crippen LogP contribution in [0, 0.1) is 0 Å². The Bertz CT molecular complexity index is 728. The van der Waals surface area contributed by atoms with Crippen LogP contribution >= 0.6 is 0 Å². The summed E-state index contributed by atoms with van der Waals surface area (Å²) in [4.78, 5) is 0.228. The number of hydrogen-bond donors (Lipinski definition) is 3. The molecule has 0 spiro atoms. The van der Waals surface area contributed by atoms with Gasteiger partial charge in [-0.3, -0.25) is 0 Å². The van der Waals surface area contributed by atoms with Crippen molar-refractivity contribution in [1.82, 2.24) is 25.3 Å². The highest BCUT2D eigenvalue weighted by Gasteiger charge is 2.22. The van der Waals surface area contributed by atoms with E-state index in [0.717, 1.165) is 30.6 Å². The molecular weight excluding hydrogens is 292 g/mol. The Morgan fingerprint density at radius 1 is 1.38 bits per heavy atom. The summed E-state index contributed by atoms with van der Waals surface area (Å²) in [6, 6.07) is 4.59. The molecule has 9 heteroatoms. The lowest BCUT2D eigenvalue weighted by molar-refractivity contribution is 0.560. The highest BCUT2D eigenvalue weighted by molar-refractivity contribution is 7.89. The summed E-state index contributed by atoms with van der Waals surface area (Å²) < 4.78 is 27.3. The zero-order valence-electron chi connectivity index (χ0n) is 11.5. The third-order valence-corrected chi connectivity index (χ3v) is 4.95. The second-order valence-corrected chi connectivity index (χ2v) is 6.68.